The van der Waals surface area contributed by atoms with Gasteiger partial charge < -0.3 is 9.32 Å². The summed E-state index contributed by atoms with van der Waals surface area (Å²) in [4.78, 5) is 2.57. The zero-order valence-electron chi connectivity index (χ0n) is 33.6. The zero-order valence-corrected chi connectivity index (χ0v) is 34.4. The maximum absolute atomic E-state index is 7.06. The number of thiophene rings is 1. The van der Waals surface area contributed by atoms with Gasteiger partial charge >= 0.3 is 0 Å². The Balaban J connectivity index is 1.17. The van der Waals surface area contributed by atoms with E-state index in [0.29, 0.717) is 0 Å². The van der Waals surface area contributed by atoms with Gasteiger partial charge in [-0.3, -0.25) is 0 Å². The maximum Gasteiger partial charge on any atom is 0.143 e. The van der Waals surface area contributed by atoms with Crippen molar-refractivity contribution in [2.75, 3.05) is 4.90 Å². The second kappa shape index (κ2) is 13.7. The molecule has 3 heteroatoms. The van der Waals surface area contributed by atoms with E-state index in [0.717, 1.165) is 55.5 Å². The number of para-hydroxylation sites is 2. The smallest absolute Gasteiger partial charge is 0.143 e. The first kappa shape index (κ1) is 35.1. The van der Waals surface area contributed by atoms with Crippen molar-refractivity contribution in [3.8, 4) is 22.3 Å². The Morgan fingerprint density at radius 2 is 0.919 bits per heavy atom. The number of nitrogens with zero attached hydrogens (tertiary/aromatic N) is 1. The zero-order chi connectivity index (χ0) is 40.8. The van der Waals surface area contributed by atoms with Crippen LogP contribution in [-0.2, 0) is 5.41 Å². The van der Waals surface area contributed by atoms with E-state index in [2.05, 4.69) is 229 Å². The molecule has 62 heavy (non-hydrogen) atoms. The fraction of sp³-hybridized carbons (Fsp3) is 0.0169. The molecule has 12 aromatic rings. The van der Waals surface area contributed by atoms with Crippen molar-refractivity contribution in [1.82, 2.24) is 0 Å². The Labute approximate surface area is 363 Å². The Morgan fingerprint density at radius 3 is 1.76 bits per heavy atom. The van der Waals surface area contributed by atoms with Crippen molar-refractivity contribution in [2.24, 2.45) is 0 Å². The van der Waals surface area contributed by atoms with E-state index in [4.69, 9.17) is 4.42 Å². The quantitative estimate of drug-likeness (QED) is 0.166. The van der Waals surface area contributed by atoms with Gasteiger partial charge in [-0.05, 0) is 69.6 Å². The molecule has 0 amide bonds. The highest BCUT2D eigenvalue weighted by Crippen LogP contribution is 2.61. The van der Waals surface area contributed by atoms with Crippen molar-refractivity contribution >= 4 is 81.3 Å². The number of furan rings is 1. The molecule has 13 rings (SSSR count). The number of benzene rings is 10. The van der Waals surface area contributed by atoms with Crippen LogP contribution in [0.2, 0.25) is 0 Å². The summed E-state index contributed by atoms with van der Waals surface area (Å²) in [6.07, 6.45) is 0. The Hall–Kier alpha value is -7.72. The summed E-state index contributed by atoms with van der Waals surface area (Å²) in [5, 5.41) is 7.02. The molecule has 2 aromatic heterocycles. The highest BCUT2D eigenvalue weighted by atomic mass is 32.1. The van der Waals surface area contributed by atoms with Gasteiger partial charge in [-0.15, -0.1) is 11.3 Å². The lowest BCUT2D eigenvalue weighted by Gasteiger charge is -2.38. The van der Waals surface area contributed by atoms with E-state index in [9.17, 15) is 0 Å². The molecule has 2 heterocycles. The molecule has 0 saturated carbocycles. The molecule has 1 aliphatic rings. The first-order valence-electron chi connectivity index (χ1n) is 21.3. The third kappa shape index (κ3) is 4.91. The molecule has 0 radical (unpaired) electrons. The average Bonchev–Trinajstić information content (AvgIpc) is 4.02. The average molecular weight is 808 g/mol. The van der Waals surface area contributed by atoms with Crippen LogP contribution in [0.3, 0.4) is 0 Å². The summed E-state index contributed by atoms with van der Waals surface area (Å²) in [6, 6.07) is 82.4. The maximum atomic E-state index is 7.06. The van der Waals surface area contributed by atoms with E-state index in [1.165, 1.54) is 58.9 Å². The molecule has 0 unspecified atom stereocenters. The van der Waals surface area contributed by atoms with Crippen molar-refractivity contribution in [2.45, 2.75) is 5.41 Å². The number of hydrogen-bond acceptors (Lipinski definition) is 3. The van der Waals surface area contributed by atoms with E-state index < -0.39 is 5.41 Å². The topological polar surface area (TPSA) is 16.4 Å². The van der Waals surface area contributed by atoms with Gasteiger partial charge in [-0.2, -0.15) is 0 Å². The Bertz CT molecular complexity index is 3670. The normalized spacial score (nSPS) is 13.0. The van der Waals surface area contributed by atoms with E-state index in [1.807, 2.05) is 11.3 Å². The largest absolute Gasteiger partial charge is 0.455 e. The molecule has 0 spiro atoms. The summed E-state index contributed by atoms with van der Waals surface area (Å²) in [5.74, 6) is 0. The lowest BCUT2D eigenvalue weighted by atomic mass is 9.67. The molecule has 0 atom stereocenters. The van der Waals surface area contributed by atoms with Crippen LogP contribution in [0.1, 0.15) is 22.3 Å². The first-order valence-corrected chi connectivity index (χ1v) is 22.1. The van der Waals surface area contributed by atoms with Crippen LogP contribution in [0, 0.1) is 0 Å². The third-order valence-corrected chi connectivity index (χ3v) is 14.3. The van der Waals surface area contributed by atoms with Gasteiger partial charge in [0.2, 0.25) is 0 Å². The van der Waals surface area contributed by atoms with Gasteiger partial charge in [-0.25, -0.2) is 0 Å². The van der Waals surface area contributed by atoms with Gasteiger partial charge in [0, 0.05) is 53.0 Å². The molecule has 0 saturated heterocycles. The summed E-state index contributed by atoms with van der Waals surface area (Å²) < 4.78 is 9.59. The minimum atomic E-state index is -0.622. The predicted molar refractivity (Wildman–Crippen MR) is 262 cm³/mol. The predicted octanol–water partition coefficient (Wildman–Crippen LogP) is 16.6. The third-order valence-electron chi connectivity index (χ3n) is 13.1. The minimum absolute atomic E-state index is 0.622. The molecule has 0 aliphatic heterocycles. The van der Waals surface area contributed by atoms with Gasteiger partial charge in [0.25, 0.3) is 0 Å². The van der Waals surface area contributed by atoms with E-state index >= 15 is 0 Å². The number of rotatable bonds is 6. The fourth-order valence-corrected chi connectivity index (χ4v) is 11.8. The van der Waals surface area contributed by atoms with Crippen LogP contribution >= 0.6 is 11.3 Å². The monoisotopic (exact) mass is 807 g/mol. The Kier molecular flexibility index (Phi) is 7.72. The van der Waals surface area contributed by atoms with Gasteiger partial charge in [0.05, 0.1) is 22.5 Å². The highest BCUT2D eigenvalue weighted by Gasteiger charge is 2.48. The van der Waals surface area contributed by atoms with Crippen molar-refractivity contribution in [3.05, 3.63) is 247 Å². The molecule has 10 aromatic carbocycles. The summed E-state index contributed by atoms with van der Waals surface area (Å²) in [5.41, 5.74) is 14.2. The second-order valence-electron chi connectivity index (χ2n) is 16.3. The van der Waals surface area contributed by atoms with E-state index in [-0.39, 0.29) is 0 Å². The summed E-state index contributed by atoms with van der Waals surface area (Å²) in [7, 11) is 0. The Morgan fingerprint density at radius 1 is 0.355 bits per heavy atom. The molecule has 0 fully saturated rings. The van der Waals surface area contributed by atoms with Crippen LogP contribution in [0.5, 0.6) is 0 Å². The molecule has 0 N–H and O–H groups in total. The van der Waals surface area contributed by atoms with Crippen LogP contribution in [0.25, 0.3) is 75.1 Å². The van der Waals surface area contributed by atoms with Gasteiger partial charge in [-0.1, -0.05) is 188 Å². The van der Waals surface area contributed by atoms with Crippen molar-refractivity contribution in [3.63, 3.8) is 0 Å². The molecular weight excluding hydrogens is 771 g/mol. The highest BCUT2D eigenvalue weighted by molar-refractivity contribution is 7.26. The lowest BCUT2D eigenvalue weighted by molar-refractivity contribution is 0.674. The van der Waals surface area contributed by atoms with Crippen molar-refractivity contribution < 1.29 is 4.42 Å². The number of anilines is 3. The number of hydrogen-bond donors (Lipinski definition) is 0. The molecule has 2 nitrogen and oxygen atoms in total. The van der Waals surface area contributed by atoms with Crippen LogP contribution in [0.4, 0.5) is 17.1 Å². The van der Waals surface area contributed by atoms with Crippen LogP contribution in [0.15, 0.2) is 229 Å². The van der Waals surface area contributed by atoms with Crippen molar-refractivity contribution in [1.29, 1.82) is 0 Å². The van der Waals surface area contributed by atoms with E-state index in [1.54, 1.807) is 0 Å². The second-order valence-corrected chi connectivity index (χ2v) is 17.4. The molecule has 0 bridgehead atoms. The number of fused-ring (bicyclic) bond motifs is 11. The standard InChI is InChI=1S/C59H37NOS/c1-3-19-39(20-4-1)59(40-21-5-2-6-22-40)49-30-12-9-24-42(49)44-27-16-33-52(56(44)59)60(51-32-17-35-54-55(51)48-26-11-14-34-53(48)62-54)50-31-13-10-25-43(50)45-28-15-29-46-47-37-36-38-18-7-8-23-41(38)57(47)61-58(45)46/h1-37H. The van der Waals surface area contributed by atoms with Gasteiger partial charge in [0.1, 0.15) is 11.2 Å². The van der Waals surface area contributed by atoms with Gasteiger partial charge in [0.15, 0.2) is 0 Å². The summed E-state index contributed by atoms with van der Waals surface area (Å²) in [6.45, 7) is 0. The first-order chi connectivity index (χ1) is 30.8. The lowest BCUT2D eigenvalue weighted by Crippen LogP contribution is -2.30. The fourth-order valence-electron chi connectivity index (χ4n) is 10.6. The summed E-state index contributed by atoms with van der Waals surface area (Å²) >= 11 is 1.86. The molecule has 1 aliphatic carbocycles. The molecule has 290 valence electrons. The molecular formula is C59H37NOS. The SMILES string of the molecule is c1ccc(C2(c3ccccc3)c3ccccc3-c3cccc(N(c4ccccc4-c4cccc5c4oc4c6ccccc6ccc54)c4cccc5sc6ccccc6c45)c32)cc1. The minimum Gasteiger partial charge on any atom is -0.455 e. The van der Waals surface area contributed by atoms with Crippen LogP contribution in [-0.4, -0.2) is 0 Å². The van der Waals surface area contributed by atoms with Crippen LogP contribution < -0.4 is 4.90 Å².